The molecule has 2 aromatic heterocycles. The summed E-state index contributed by atoms with van der Waals surface area (Å²) in [6.45, 7) is 17.7. The van der Waals surface area contributed by atoms with E-state index in [1.54, 1.807) is 22.0 Å². The average molecular weight is 631 g/mol. The zero-order valence-electron chi connectivity index (χ0n) is 29.5. The lowest BCUT2D eigenvalue weighted by atomic mass is 9.72. The van der Waals surface area contributed by atoms with Crippen molar-refractivity contribution in [1.82, 2.24) is 29.5 Å². The zero-order chi connectivity index (χ0) is 33.8. The molecule has 2 heterocycles. The molecule has 46 heavy (non-hydrogen) atoms. The summed E-state index contributed by atoms with van der Waals surface area (Å²) in [6.07, 6.45) is 12.4. The zero-order valence-corrected chi connectivity index (χ0v) is 29.5. The maximum Gasteiger partial charge on any atom is 0.137 e. The first-order valence-corrected chi connectivity index (χ1v) is 17.2. The van der Waals surface area contributed by atoms with Crippen molar-refractivity contribution in [2.45, 2.75) is 118 Å². The van der Waals surface area contributed by atoms with Gasteiger partial charge in [-0.25, -0.2) is 9.97 Å². The van der Waals surface area contributed by atoms with E-state index < -0.39 is 11.2 Å². The molecule has 2 aliphatic rings. The van der Waals surface area contributed by atoms with Gasteiger partial charge >= 0.3 is 0 Å². The van der Waals surface area contributed by atoms with Crippen molar-refractivity contribution in [3.05, 3.63) is 97.1 Å². The molecule has 0 saturated heterocycles. The maximum atomic E-state index is 11.4. The van der Waals surface area contributed by atoms with Crippen LogP contribution in [0.5, 0.6) is 0 Å². The van der Waals surface area contributed by atoms with Gasteiger partial charge in [0.15, 0.2) is 0 Å². The minimum absolute atomic E-state index is 0.113. The predicted molar refractivity (Wildman–Crippen MR) is 186 cm³/mol. The topological polar surface area (TPSA) is 102 Å². The van der Waals surface area contributed by atoms with E-state index in [1.165, 1.54) is 23.8 Å². The second-order valence-electron chi connectivity index (χ2n) is 13.7. The van der Waals surface area contributed by atoms with Gasteiger partial charge in [-0.2, -0.15) is 10.2 Å². The van der Waals surface area contributed by atoms with Gasteiger partial charge in [-0.3, -0.25) is 9.36 Å². The Bertz CT molecular complexity index is 1270. The van der Waals surface area contributed by atoms with Crippen LogP contribution in [0.1, 0.15) is 92.2 Å². The summed E-state index contributed by atoms with van der Waals surface area (Å²) in [5, 5.41) is 31.2. The van der Waals surface area contributed by atoms with Gasteiger partial charge in [0.25, 0.3) is 0 Å². The standard InChI is InChI=1S/2C17H23N3O.2C2H6/c2*1-16(2)9-8-15(10-14-6-4-3-5-7-14)17(16,21)11-20-13-18-12-19-20;2*1-2/h2*3-7,12-13,15,21H,8-11H2,1-2H3;2*1-2H3/t15-,17+;15-,17-;;/m10../s1. The smallest absolute Gasteiger partial charge is 0.137 e. The van der Waals surface area contributed by atoms with Gasteiger partial charge in [0.05, 0.1) is 24.3 Å². The number of hydrogen-bond donors (Lipinski definition) is 2. The highest BCUT2D eigenvalue weighted by Gasteiger charge is 2.55. The van der Waals surface area contributed by atoms with Crippen molar-refractivity contribution < 1.29 is 10.2 Å². The molecule has 0 aliphatic heterocycles. The number of benzene rings is 2. The van der Waals surface area contributed by atoms with Crippen molar-refractivity contribution in [3.8, 4) is 0 Å². The molecule has 0 bridgehead atoms. The lowest BCUT2D eigenvalue weighted by molar-refractivity contribution is -0.0908. The van der Waals surface area contributed by atoms with Crippen LogP contribution in [-0.4, -0.2) is 50.9 Å². The van der Waals surface area contributed by atoms with E-state index in [0.717, 1.165) is 38.5 Å². The van der Waals surface area contributed by atoms with Crippen LogP contribution in [0, 0.1) is 22.7 Å². The van der Waals surface area contributed by atoms with Crippen molar-refractivity contribution in [3.63, 3.8) is 0 Å². The van der Waals surface area contributed by atoms with E-state index in [2.05, 4.69) is 96.4 Å². The summed E-state index contributed by atoms with van der Waals surface area (Å²) in [5.74, 6) is 0.498. The number of hydrogen-bond acceptors (Lipinski definition) is 6. The molecule has 4 atom stereocenters. The molecule has 2 aliphatic carbocycles. The van der Waals surface area contributed by atoms with E-state index in [0.29, 0.717) is 13.1 Å². The fraction of sp³-hybridized carbons (Fsp3) is 0.579. The van der Waals surface area contributed by atoms with Gasteiger partial charge in [0, 0.05) is 0 Å². The molecule has 252 valence electrons. The Morgan fingerprint density at radius 3 is 1.26 bits per heavy atom. The maximum absolute atomic E-state index is 11.4. The number of rotatable bonds is 8. The van der Waals surface area contributed by atoms with Crippen molar-refractivity contribution in [2.75, 3.05) is 0 Å². The molecule has 0 spiro atoms. The molecule has 4 aromatic rings. The third-order valence-corrected chi connectivity index (χ3v) is 10.3. The second-order valence-corrected chi connectivity index (χ2v) is 13.7. The van der Waals surface area contributed by atoms with Crippen molar-refractivity contribution in [2.24, 2.45) is 22.7 Å². The summed E-state index contributed by atoms with van der Waals surface area (Å²) >= 11 is 0. The van der Waals surface area contributed by atoms with Crippen LogP contribution >= 0.6 is 0 Å². The van der Waals surface area contributed by atoms with Crippen LogP contribution in [0.3, 0.4) is 0 Å². The van der Waals surface area contributed by atoms with Crippen LogP contribution in [0.4, 0.5) is 0 Å². The Balaban J connectivity index is 0.000000226. The molecule has 2 fully saturated rings. The lowest BCUT2D eigenvalue weighted by Gasteiger charge is -2.40. The molecule has 8 heteroatoms. The van der Waals surface area contributed by atoms with E-state index in [-0.39, 0.29) is 22.7 Å². The van der Waals surface area contributed by atoms with Crippen LogP contribution in [0.15, 0.2) is 86.0 Å². The summed E-state index contributed by atoms with van der Waals surface area (Å²) in [4.78, 5) is 7.99. The average Bonchev–Trinajstić information content (AvgIpc) is 3.85. The fourth-order valence-corrected chi connectivity index (χ4v) is 7.23. The normalized spacial score (nSPS) is 25.7. The Hall–Kier alpha value is -3.36. The molecule has 2 saturated carbocycles. The molecule has 0 unspecified atom stereocenters. The van der Waals surface area contributed by atoms with Gasteiger partial charge in [0.1, 0.15) is 25.3 Å². The third-order valence-electron chi connectivity index (χ3n) is 10.3. The molecular formula is C38H58N6O2. The van der Waals surface area contributed by atoms with Crippen molar-refractivity contribution in [1.29, 1.82) is 0 Å². The summed E-state index contributed by atoms with van der Waals surface area (Å²) in [6, 6.07) is 20.9. The largest absolute Gasteiger partial charge is 0.387 e. The first kappa shape index (κ1) is 37.1. The van der Waals surface area contributed by atoms with Gasteiger partial charge in [-0.15, -0.1) is 0 Å². The predicted octanol–water partition coefficient (Wildman–Crippen LogP) is 7.43. The Morgan fingerprint density at radius 2 is 0.957 bits per heavy atom. The second kappa shape index (κ2) is 16.5. The summed E-state index contributed by atoms with van der Waals surface area (Å²) in [5.41, 5.74) is 0.846. The molecule has 8 nitrogen and oxygen atoms in total. The highest BCUT2D eigenvalue weighted by molar-refractivity contribution is 5.19. The van der Waals surface area contributed by atoms with Crippen LogP contribution in [0.2, 0.25) is 0 Å². The SMILES string of the molecule is CC.CC.CC1(C)CC[C@@H](Cc2ccccc2)[C@@]1(O)Cn1cncn1.CC1(C)CC[C@H](Cc2ccccc2)[C@@]1(O)Cn1cncn1. The molecule has 0 radical (unpaired) electrons. The first-order valence-electron chi connectivity index (χ1n) is 17.2. The number of nitrogens with zero attached hydrogens (tertiary/aromatic N) is 6. The highest BCUT2D eigenvalue weighted by Crippen LogP contribution is 2.52. The Kier molecular flexibility index (Phi) is 13.3. The van der Waals surface area contributed by atoms with Crippen LogP contribution in [0.25, 0.3) is 0 Å². The van der Waals surface area contributed by atoms with Gasteiger partial charge in [-0.05, 0) is 72.3 Å². The molecular weight excluding hydrogens is 572 g/mol. The highest BCUT2D eigenvalue weighted by atomic mass is 16.3. The van der Waals surface area contributed by atoms with E-state index in [9.17, 15) is 10.2 Å². The number of aliphatic hydroxyl groups is 2. The minimum Gasteiger partial charge on any atom is -0.387 e. The van der Waals surface area contributed by atoms with E-state index in [1.807, 2.05) is 39.8 Å². The van der Waals surface area contributed by atoms with Gasteiger partial charge in [-0.1, -0.05) is 116 Å². The Morgan fingerprint density at radius 1 is 0.609 bits per heavy atom. The summed E-state index contributed by atoms with van der Waals surface area (Å²) < 4.78 is 3.51. The molecule has 6 rings (SSSR count). The first-order chi connectivity index (χ1) is 22.0. The Labute approximate surface area is 277 Å². The van der Waals surface area contributed by atoms with Gasteiger partial charge in [0.2, 0.25) is 0 Å². The van der Waals surface area contributed by atoms with Crippen LogP contribution in [-0.2, 0) is 25.9 Å². The molecule has 2 N–H and O–H groups in total. The quantitative estimate of drug-likeness (QED) is 0.210. The van der Waals surface area contributed by atoms with Crippen molar-refractivity contribution >= 4 is 0 Å². The lowest BCUT2D eigenvalue weighted by Crippen LogP contribution is -2.49. The summed E-state index contributed by atoms with van der Waals surface area (Å²) in [7, 11) is 0. The van der Waals surface area contributed by atoms with E-state index in [4.69, 9.17) is 0 Å². The fourth-order valence-electron chi connectivity index (χ4n) is 7.23. The third kappa shape index (κ3) is 8.51. The van der Waals surface area contributed by atoms with E-state index >= 15 is 0 Å². The molecule has 2 aromatic carbocycles. The van der Waals surface area contributed by atoms with Gasteiger partial charge < -0.3 is 10.2 Å². The number of aromatic nitrogens is 6. The van der Waals surface area contributed by atoms with Crippen LogP contribution < -0.4 is 0 Å². The molecule has 0 amide bonds. The monoisotopic (exact) mass is 630 g/mol. The minimum atomic E-state index is -0.753.